The van der Waals surface area contributed by atoms with Gasteiger partial charge in [0, 0.05) is 5.38 Å². The number of nitrogens with zero attached hydrogens (tertiary/aromatic N) is 1. The lowest BCUT2D eigenvalue weighted by Crippen LogP contribution is -2.11. The second kappa shape index (κ2) is 5.35. The highest BCUT2D eigenvalue weighted by atomic mass is 32.1. The Bertz CT molecular complexity index is 245. The second-order valence-corrected chi connectivity index (χ2v) is 4.41. The highest BCUT2D eigenvalue weighted by molar-refractivity contribution is 7.09. The third-order valence-electron chi connectivity index (χ3n) is 2.21. The molecule has 13 heavy (non-hydrogen) atoms. The third-order valence-corrected chi connectivity index (χ3v) is 3.17. The van der Waals surface area contributed by atoms with Crippen molar-refractivity contribution in [1.29, 1.82) is 0 Å². The van der Waals surface area contributed by atoms with Gasteiger partial charge >= 0.3 is 0 Å². The standard InChI is InChI=1S/C10H18N2S/c1-3-9-7-13-10(12-9)5-4-8(2)6-11/h7-8H,3-6,11H2,1-2H3. The molecule has 2 nitrogen and oxygen atoms in total. The van der Waals surface area contributed by atoms with Gasteiger partial charge in [-0.05, 0) is 31.7 Å². The molecule has 1 heterocycles. The van der Waals surface area contributed by atoms with Crippen molar-refractivity contribution in [3.63, 3.8) is 0 Å². The first-order chi connectivity index (χ1) is 6.26. The van der Waals surface area contributed by atoms with E-state index in [2.05, 4.69) is 24.2 Å². The molecule has 0 aliphatic rings. The van der Waals surface area contributed by atoms with E-state index in [9.17, 15) is 0 Å². The Hall–Kier alpha value is -0.410. The Morgan fingerprint density at radius 3 is 2.92 bits per heavy atom. The highest BCUT2D eigenvalue weighted by Gasteiger charge is 2.03. The van der Waals surface area contributed by atoms with Crippen molar-refractivity contribution in [3.05, 3.63) is 16.1 Å². The molecule has 1 unspecified atom stereocenters. The minimum absolute atomic E-state index is 0.619. The van der Waals surface area contributed by atoms with Crippen LogP contribution in [0.15, 0.2) is 5.38 Å². The van der Waals surface area contributed by atoms with E-state index >= 15 is 0 Å². The lowest BCUT2D eigenvalue weighted by molar-refractivity contribution is 0.543. The molecule has 0 saturated carbocycles. The van der Waals surface area contributed by atoms with Gasteiger partial charge in [0.1, 0.15) is 0 Å². The van der Waals surface area contributed by atoms with Gasteiger partial charge in [-0.2, -0.15) is 0 Å². The van der Waals surface area contributed by atoms with Crippen LogP contribution in [0.3, 0.4) is 0 Å². The predicted molar refractivity (Wildman–Crippen MR) is 58.0 cm³/mol. The molecule has 0 fully saturated rings. The topological polar surface area (TPSA) is 38.9 Å². The van der Waals surface area contributed by atoms with Gasteiger partial charge in [-0.1, -0.05) is 13.8 Å². The minimum Gasteiger partial charge on any atom is -0.330 e. The maximum Gasteiger partial charge on any atom is 0.0928 e. The average Bonchev–Trinajstić information content (AvgIpc) is 2.61. The summed E-state index contributed by atoms with van der Waals surface area (Å²) in [6.45, 7) is 5.11. The number of aromatic nitrogens is 1. The van der Waals surface area contributed by atoms with Crippen LogP contribution in [0.5, 0.6) is 0 Å². The predicted octanol–water partition coefficient (Wildman–Crippen LogP) is 2.23. The van der Waals surface area contributed by atoms with Crippen LogP contribution in [-0.4, -0.2) is 11.5 Å². The molecule has 0 radical (unpaired) electrons. The lowest BCUT2D eigenvalue weighted by Gasteiger charge is -2.04. The van der Waals surface area contributed by atoms with Gasteiger partial charge in [0.15, 0.2) is 0 Å². The Morgan fingerprint density at radius 2 is 2.38 bits per heavy atom. The molecule has 3 heteroatoms. The zero-order chi connectivity index (χ0) is 9.68. The summed E-state index contributed by atoms with van der Waals surface area (Å²) in [7, 11) is 0. The quantitative estimate of drug-likeness (QED) is 0.788. The summed E-state index contributed by atoms with van der Waals surface area (Å²) in [5, 5.41) is 3.42. The number of aryl methyl sites for hydroxylation is 2. The van der Waals surface area contributed by atoms with Crippen LogP contribution in [0, 0.1) is 5.92 Å². The smallest absolute Gasteiger partial charge is 0.0928 e. The van der Waals surface area contributed by atoms with E-state index in [0.29, 0.717) is 5.92 Å². The van der Waals surface area contributed by atoms with E-state index in [-0.39, 0.29) is 0 Å². The highest BCUT2D eigenvalue weighted by Crippen LogP contribution is 2.14. The third kappa shape index (κ3) is 3.44. The number of hydrogen-bond donors (Lipinski definition) is 1. The molecular weight excluding hydrogens is 180 g/mol. The lowest BCUT2D eigenvalue weighted by atomic mass is 10.1. The molecule has 0 aliphatic heterocycles. The average molecular weight is 198 g/mol. The van der Waals surface area contributed by atoms with Crippen LogP contribution >= 0.6 is 11.3 Å². The van der Waals surface area contributed by atoms with Gasteiger partial charge in [0.2, 0.25) is 0 Å². The van der Waals surface area contributed by atoms with Crippen LogP contribution in [0.4, 0.5) is 0 Å². The summed E-state index contributed by atoms with van der Waals surface area (Å²) >= 11 is 1.77. The summed E-state index contributed by atoms with van der Waals surface area (Å²) in [5.74, 6) is 0.619. The van der Waals surface area contributed by atoms with E-state index in [1.165, 1.54) is 10.7 Å². The molecule has 0 saturated heterocycles. The van der Waals surface area contributed by atoms with Gasteiger partial charge in [0.25, 0.3) is 0 Å². The van der Waals surface area contributed by atoms with Crippen molar-refractivity contribution < 1.29 is 0 Å². The fraction of sp³-hybridized carbons (Fsp3) is 0.700. The molecule has 0 aromatic carbocycles. The molecule has 1 aromatic rings. The van der Waals surface area contributed by atoms with Crippen molar-refractivity contribution >= 4 is 11.3 Å². The zero-order valence-electron chi connectivity index (χ0n) is 8.42. The normalized spacial score (nSPS) is 13.2. The Balaban J connectivity index is 2.36. The fourth-order valence-corrected chi connectivity index (χ4v) is 2.01. The first-order valence-electron chi connectivity index (χ1n) is 4.89. The maximum absolute atomic E-state index is 5.55. The van der Waals surface area contributed by atoms with Crippen molar-refractivity contribution in [2.24, 2.45) is 11.7 Å². The summed E-state index contributed by atoms with van der Waals surface area (Å²) in [5.41, 5.74) is 6.77. The molecule has 1 aromatic heterocycles. The van der Waals surface area contributed by atoms with Gasteiger partial charge in [-0.25, -0.2) is 4.98 Å². The second-order valence-electron chi connectivity index (χ2n) is 3.47. The molecule has 74 valence electrons. The maximum atomic E-state index is 5.55. The summed E-state index contributed by atoms with van der Waals surface area (Å²) < 4.78 is 0. The van der Waals surface area contributed by atoms with Crippen molar-refractivity contribution in [3.8, 4) is 0 Å². The van der Waals surface area contributed by atoms with E-state index in [4.69, 9.17) is 5.73 Å². The van der Waals surface area contributed by atoms with Crippen LogP contribution in [0.25, 0.3) is 0 Å². The van der Waals surface area contributed by atoms with E-state index in [1.54, 1.807) is 11.3 Å². The molecular formula is C10H18N2S. The minimum atomic E-state index is 0.619. The first-order valence-corrected chi connectivity index (χ1v) is 5.77. The summed E-state index contributed by atoms with van der Waals surface area (Å²) in [6, 6.07) is 0. The largest absolute Gasteiger partial charge is 0.330 e. The fourth-order valence-electron chi connectivity index (χ4n) is 1.11. The van der Waals surface area contributed by atoms with Gasteiger partial charge in [-0.15, -0.1) is 11.3 Å². The summed E-state index contributed by atoms with van der Waals surface area (Å²) in [6.07, 6.45) is 3.29. The van der Waals surface area contributed by atoms with E-state index in [0.717, 1.165) is 25.8 Å². The zero-order valence-corrected chi connectivity index (χ0v) is 9.23. The van der Waals surface area contributed by atoms with Crippen LogP contribution < -0.4 is 5.73 Å². The Morgan fingerprint density at radius 1 is 1.62 bits per heavy atom. The molecule has 0 amide bonds. The number of hydrogen-bond acceptors (Lipinski definition) is 3. The Labute approximate surface area is 84.2 Å². The van der Waals surface area contributed by atoms with E-state index < -0.39 is 0 Å². The molecule has 2 N–H and O–H groups in total. The van der Waals surface area contributed by atoms with Crippen LogP contribution in [0.2, 0.25) is 0 Å². The SMILES string of the molecule is CCc1csc(CCC(C)CN)n1. The monoisotopic (exact) mass is 198 g/mol. The van der Waals surface area contributed by atoms with Crippen molar-refractivity contribution in [2.45, 2.75) is 33.1 Å². The molecule has 1 rings (SSSR count). The van der Waals surface area contributed by atoms with Crippen LogP contribution in [0.1, 0.15) is 31.0 Å². The number of nitrogens with two attached hydrogens (primary N) is 1. The van der Waals surface area contributed by atoms with Crippen molar-refractivity contribution in [2.75, 3.05) is 6.54 Å². The van der Waals surface area contributed by atoms with E-state index in [1.807, 2.05) is 0 Å². The number of rotatable bonds is 5. The molecule has 0 bridgehead atoms. The molecule has 1 atom stereocenters. The number of thiazole rings is 1. The Kier molecular flexibility index (Phi) is 4.39. The molecule has 0 spiro atoms. The van der Waals surface area contributed by atoms with Gasteiger partial charge in [0.05, 0.1) is 10.7 Å². The van der Waals surface area contributed by atoms with Gasteiger partial charge in [-0.3, -0.25) is 0 Å². The first kappa shape index (κ1) is 10.7. The molecule has 0 aliphatic carbocycles. The van der Waals surface area contributed by atoms with Crippen molar-refractivity contribution in [1.82, 2.24) is 4.98 Å². The summed E-state index contributed by atoms with van der Waals surface area (Å²) in [4.78, 5) is 4.51. The van der Waals surface area contributed by atoms with Gasteiger partial charge < -0.3 is 5.73 Å². The van der Waals surface area contributed by atoms with Crippen LogP contribution in [-0.2, 0) is 12.8 Å².